The third kappa shape index (κ3) is 2.58. The fourth-order valence-corrected chi connectivity index (χ4v) is 2.23. The molecule has 112 valence electrons. The third-order valence-electron chi connectivity index (χ3n) is 2.99. The Labute approximate surface area is 128 Å². The Morgan fingerprint density at radius 1 is 1.27 bits per heavy atom. The maximum absolute atomic E-state index is 13.6. The standard InChI is InChI=1S/C14H9ClF2N4O/c15-9-5-7(1-2-10(9)17)19-13(22)8-3-6(16)4-11-12(8)21-14(18)20-11/h1-5H,(H,19,22)(H3,18,20,21). The highest BCUT2D eigenvalue weighted by molar-refractivity contribution is 6.31. The molecule has 5 nitrogen and oxygen atoms in total. The number of H-pyrrole nitrogens is 1. The van der Waals surface area contributed by atoms with E-state index in [0.717, 1.165) is 12.1 Å². The summed E-state index contributed by atoms with van der Waals surface area (Å²) in [6, 6.07) is 5.94. The first-order chi connectivity index (χ1) is 10.4. The van der Waals surface area contributed by atoms with E-state index in [1.54, 1.807) is 0 Å². The summed E-state index contributed by atoms with van der Waals surface area (Å²) in [5.41, 5.74) is 6.34. The number of benzene rings is 2. The quantitative estimate of drug-likeness (QED) is 0.676. The molecule has 1 amide bonds. The van der Waals surface area contributed by atoms with Crippen molar-refractivity contribution in [3.8, 4) is 0 Å². The normalized spacial score (nSPS) is 10.9. The molecule has 0 atom stereocenters. The molecule has 0 unspecified atom stereocenters. The van der Waals surface area contributed by atoms with E-state index in [0.29, 0.717) is 5.52 Å². The highest BCUT2D eigenvalue weighted by Gasteiger charge is 2.16. The summed E-state index contributed by atoms with van der Waals surface area (Å²) in [6.07, 6.45) is 0. The molecule has 0 aliphatic heterocycles. The van der Waals surface area contributed by atoms with Gasteiger partial charge in [0.2, 0.25) is 0 Å². The van der Waals surface area contributed by atoms with Crippen molar-refractivity contribution in [1.29, 1.82) is 0 Å². The van der Waals surface area contributed by atoms with E-state index in [-0.39, 0.29) is 27.7 Å². The number of nitrogens with two attached hydrogens (primary N) is 1. The maximum Gasteiger partial charge on any atom is 0.258 e. The lowest BCUT2D eigenvalue weighted by Gasteiger charge is -2.07. The zero-order valence-corrected chi connectivity index (χ0v) is 11.7. The number of aromatic amines is 1. The van der Waals surface area contributed by atoms with Crippen molar-refractivity contribution in [2.24, 2.45) is 0 Å². The summed E-state index contributed by atoms with van der Waals surface area (Å²) >= 11 is 5.65. The van der Waals surface area contributed by atoms with E-state index in [9.17, 15) is 13.6 Å². The Bertz CT molecular complexity index is 894. The third-order valence-corrected chi connectivity index (χ3v) is 3.28. The first-order valence-corrected chi connectivity index (χ1v) is 6.53. The SMILES string of the molecule is Nc1nc2c(C(=O)Nc3ccc(F)c(Cl)c3)cc(F)cc2[nH]1. The van der Waals surface area contributed by atoms with Crippen LogP contribution in [0.25, 0.3) is 11.0 Å². The molecule has 8 heteroatoms. The molecule has 1 heterocycles. The van der Waals surface area contributed by atoms with Crippen LogP contribution in [0.5, 0.6) is 0 Å². The zero-order chi connectivity index (χ0) is 15.9. The van der Waals surface area contributed by atoms with Crippen LogP contribution < -0.4 is 11.1 Å². The van der Waals surface area contributed by atoms with Gasteiger partial charge in [-0.2, -0.15) is 0 Å². The van der Waals surface area contributed by atoms with Crippen LogP contribution >= 0.6 is 11.6 Å². The molecule has 1 aromatic heterocycles. The number of nitrogens with one attached hydrogen (secondary N) is 2. The van der Waals surface area contributed by atoms with Crippen LogP contribution in [0.1, 0.15) is 10.4 Å². The predicted molar refractivity (Wildman–Crippen MR) is 79.8 cm³/mol. The van der Waals surface area contributed by atoms with Crippen molar-refractivity contribution in [3.63, 3.8) is 0 Å². The maximum atomic E-state index is 13.6. The van der Waals surface area contributed by atoms with Crippen molar-refractivity contribution >= 4 is 40.2 Å². The van der Waals surface area contributed by atoms with Crippen molar-refractivity contribution in [3.05, 3.63) is 52.6 Å². The fourth-order valence-electron chi connectivity index (χ4n) is 2.05. The fraction of sp³-hybridized carbons (Fsp3) is 0. The van der Waals surface area contributed by atoms with E-state index in [4.69, 9.17) is 17.3 Å². The number of nitrogen functional groups attached to an aromatic ring is 1. The molecule has 0 saturated heterocycles. The lowest BCUT2D eigenvalue weighted by molar-refractivity contribution is 0.102. The molecule has 3 rings (SSSR count). The van der Waals surface area contributed by atoms with Gasteiger partial charge in [-0.05, 0) is 30.3 Å². The average molecular weight is 323 g/mol. The van der Waals surface area contributed by atoms with Crippen LogP contribution in [-0.4, -0.2) is 15.9 Å². The van der Waals surface area contributed by atoms with Crippen LogP contribution in [0.15, 0.2) is 30.3 Å². The van der Waals surface area contributed by atoms with E-state index in [2.05, 4.69) is 15.3 Å². The van der Waals surface area contributed by atoms with Gasteiger partial charge < -0.3 is 16.0 Å². The predicted octanol–water partition coefficient (Wildman–Crippen LogP) is 3.33. The summed E-state index contributed by atoms with van der Waals surface area (Å²) in [7, 11) is 0. The largest absolute Gasteiger partial charge is 0.369 e. The summed E-state index contributed by atoms with van der Waals surface area (Å²) in [5, 5.41) is 2.37. The smallest absolute Gasteiger partial charge is 0.258 e. The topological polar surface area (TPSA) is 83.8 Å². The first kappa shape index (κ1) is 14.3. The molecule has 0 radical (unpaired) electrons. The van der Waals surface area contributed by atoms with E-state index < -0.39 is 17.5 Å². The number of imidazole rings is 1. The minimum atomic E-state index is -0.613. The van der Waals surface area contributed by atoms with Crippen molar-refractivity contribution in [2.45, 2.75) is 0 Å². The van der Waals surface area contributed by atoms with Gasteiger partial charge in [0.25, 0.3) is 5.91 Å². The minimum absolute atomic E-state index is 0.00315. The zero-order valence-electron chi connectivity index (χ0n) is 11.0. The Hall–Kier alpha value is -2.67. The second-order valence-electron chi connectivity index (χ2n) is 4.55. The van der Waals surface area contributed by atoms with Gasteiger partial charge in [-0.1, -0.05) is 11.6 Å². The molecule has 0 bridgehead atoms. The molecule has 2 aromatic carbocycles. The van der Waals surface area contributed by atoms with Crippen LogP contribution in [0, 0.1) is 11.6 Å². The first-order valence-electron chi connectivity index (χ1n) is 6.15. The number of amides is 1. The number of anilines is 2. The minimum Gasteiger partial charge on any atom is -0.369 e. The Morgan fingerprint density at radius 3 is 2.77 bits per heavy atom. The lowest BCUT2D eigenvalue weighted by Crippen LogP contribution is -2.13. The van der Waals surface area contributed by atoms with E-state index in [1.807, 2.05) is 0 Å². The highest BCUT2D eigenvalue weighted by atomic mass is 35.5. The molecular weight excluding hydrogens is 314 g/mol. The number of carbonyl (C=O) groups is 1. The number of hydrogen-bond acceptors (Lipinski definition) is 3. The monoisotopic (exact) mass is 322 g/mol. The number of halogens is 3. The number of aromatic nitrogens is 2. The van der Waals surface area contributed by atoms with Gasteiger partial charge in [-0.25, -0.2) is 13.8 Å². The second-order valence-corrected chi connectivity index (χ2v) is 4.96. The molecule has 0 aliphatic carbocycles. The second kappa shape index (κ2) is 5.27. The van der Waals surface area contributed by atoms with Crippen molar-refractivity contribution in [1.82, 2.24) is 9.97 Å². The van der Waals surface area contributed by atoms with Gasteiger partial charge in [-0.15, -0.1) is 0 Å². The summed E-state index contributed by atoms with van der Waals surface area (Å²) in [6.45, 7) is 0. The Kier molecular flexibility index (Phi) is 3.42. The number of nitrogens with zero attached hydrogens (tertiary/aromatic N) is 1. The van der Waals surface area contributed by atoms with Gasteiger partial charge in [-0.3, -0.25) is 4.79 Å². The van der Waals surface area contributed by atoms with E-state index in [1.165, 1.54) is 18.2 Å². The van der Waals surface area contributed by atoms with Crippen molar-refractivity contribution in [2.75, 3.05) is 11.1 Å². The van der Waals surface area contributed by atoms with Gasteiger partial charge >= 0.3 is 0 Å². The van der Waals surface area contributed by atoms with Crippen molar-refractivity contribution < 1.29 is 13.6 Å². The molecule has 0 fully saturated rings. The number of carbonyl (C=O) groups excluding carboxylic acids is 1. The van der Waals surface area contributed by atoms with E-state index >= 15 is 0 Å². The van der Waals surface area contributed by atoms with Crippen LogP contribution in [0.3, 0.4) is 0 Å². The molecule has 3 aromatic rings. The summed E-state index contributed by atoms with van der Waals surface area (Å²) in [5.74, 6) is -1.76. The lowest BCUT2D eigenvalue weighted by atomic mass is 10.1. The van der Waals surface area contributed by atoms with Gasteiger partial charge in [0.05, 0.1) is 16.1 Å². The highest BCUT2D eigenvalue weighted by Crippen LogP contribution is 2.23. The summed E-state index contributed by atoms with van der Waals surface area (Å²) < 4.78 is 26.7. The van der Waals surface area contributed by atoms with Crippen LogP contribution in [0.4, 0.5) is 20.4 Å². The summed E-state index contributed by atoms with van der Waals surface area (Å²) in [4.78, 5) is 18.9. The Balaban J connectivity index is 1.99. The number of hydrogen-bond donors (Lipinski definition) is 3. The Morgan fingerprint density at radius 2 is 2.05 bits per heavy atom. The molecule has 22 heavy (non-hydrogen) atoms. The van der Waals surface area contributed by atoms with Gasteiger partial charge in [0.15, 0.2) is 5.95 Å². The van der Waals surface area contributed by atoms with Crippen LogP contribution in [-0.2, 0) is 0 Å². The van der Waals surface area contributed by atoms with Crippen LogP contribution in [0.2, 0.25) is 5.02 Å². The number of rotatable bonds is 2. The molecule has 0 aliphatic rings. The molecular formula is C14H9ClF2N4O. The number of fused-ring (bicyclic) bond motifs is 1. The molecule has 0 spiro atoms. The van der Waals surface area contributed by atoms with Gasteiger partial charge in [0.1, 0.15) is 17.2 Å². The molecule has 4 N–H and O–H groups in total. The van der Waals surface area contributed by atoms with Gasteiger partial charge in [0, 0.05) is 5.69 Å². The molecule has 0 saturated carbocycles. The average Bonchev–Trinajstić information content (AvgIpc) is 2.82.